The van der Waals surface area contributed by atoms with Crippen LogP contribution in [0.5, 0.6) is 0 Å². The molecule has 1 saturated heterocycles. The fourth-order valence-electron chi connectivity index (χ4n) is 4.06. The number of sulfonamides is 1. The Morgan fingerprint density at radius 3 is 2.68 bits per heavy atom. The van der Waals surface area contributed by atoms with Crippen LogP contribution in [0.15, 0.2) is 57.8 Å². The highest BCUT2D eigenvalue weighted by atomic mass is 32.2. The van der Waals surface area contributed by atoms with Crippen LogP contribution in [0.4, 0.5) is 5.69 Å². The second-order valence-electron chi connectivity index (χ2n) is 8.38. The fraction of sp³-hybridized carbons (Fsp3) is 0.333. The minimum Gasteiger partial charge on any atom is -0.452 e. The smallest absolute Gasteiger partial charge is 0.311 e. The maximum absolute atomic E-state index is 12.8. The number of piperidine rings is 1. The monoisotopic (exact) mass is 483 g/mol. The molecule has 178 valence electrons. The zero-order chi connectivity index (χ0) is 24.5. The number of esters is 1. The average Bonchev–Trinajstić information content (AvgIpc) is 3.10. The second-order valence-corrected chi connectivity index (χ2v) is 9.95. The summed E-state index contributed by atoms with van der Waals surface area (Å²) in [7, 11) is -3.75. The Kier molecular flexibility index (Phi) is 6.52. The third-order valence-corrected chi connectivity index (χ3v) is 7.19. The molecule has 10 heteroatoms. The first-order valence-corrected chi connectivity index (χ1v) is 12.4. The van der Waals surface area contributed by atoms with Crippen LogP contribution in [0.1, 0.15) is 42.6 Å². The number of hydrogen-bond acceptors (Lipinski definition) is 7. The van der Waals surface area contributed by atoms with Gasteiger partial charge in [-0.15, -0.1) is 4.40 Å². The topological polar surface area (TPSA) is 122 Å². The Bertz CT molecular complexity index is 1290. The van der Waals surface area contributed by atoms with Crippen LogP contribution in [-0.2, 0) is 24.3 Å². The number of fused-ring (bicyclic) bond motifs is 1. The van der Waals surface area contributed by atoms with Gasteiger partial charge in [0, 0.05) is 29.9 Å². The molecule has 0 radical (unpaired) electrons. The van der Waals surface area contributed by atoms with Gasteiger partial charge in [-0.1, -0.05) is 24.3 Å². The molecule has 0 unspecified atom stereocenters. The molecule has 34 heavy (non-hydrogen) atoms. The summed E-state index contributed by atoms with van der Waals surface area (Å²) in [5.74, 6) is -1.35. The Morgan fingerprint density at radius 2 is 1.91 bits per heavy atom. The van der Waals surface area contributed by atoms with E-state index in [-0.39, 0.29) is 17.2 Å². The van der Waals surface area contributed by atoms with Crippen LogP contribution >= 0.6 is 0 Å². The van der Waals surface area contributed by atoms with Gasteiger partial charge in [0.1, 0.15) is 4.90 Å². The number of ketones is 1. The lowest BCUT2D eigenvalue weighted by Crippen LogP contribution is -2.44. The van der Waals surface area contributed by atoms with Crippen molar-refractivity contribution in [2.24, 2.45) is 10.3 Å². The lowest BCUT2D eigenvalue weighted by atomic mass is 9.97. The highest BCUT2D eigenvalue weighted by Gasteiger charge is 2.36. The van der Waals surface area contributed by atoms with Crippen molar-refractivity contribution in [3.63, 3.8) is 0 Å². The third-order valence-electron chi connectivity index (χ3n) is 5.87. The summed E-state index contributed by atoms with van der Waals surface area (Å²) >= 11 is 0. The van der Waals surface area contributed by atoms with Crippen LogP contribution < -0.4 is 5.32 Å². The zero-order valence-electron chi connectivity index (χ0n) is 18.9. The number of benzene rings is 2. The standard InChI is InChI=1S/C24H25N3O6S/c1-15(28)17-7-5-9-19(13-17)25-23(29)16(2)33-24(30)18-8-6-12-27(14-18)22-20-10-3-4-11-21(20)34(31,32)26-22/h3-5,7,9-11,13,16,18H,6,8,12,14H2,1-2H3,(H,25,29)/t16-,18-/m1/s1. The van der Waals surface area contributed by atoms with Crippen molar-refractivity contribution >= 4 is 39.2 Å². The number of likely N-dealkylation sites (tertiary alicyclic amines) is 1. The molecule has 1 N–H and O–H groups in total. The van der Waals surface area contributed by atoms with E-state index in [4.69, 9.17) is 4.74 Å². The van der Waals surface area contributed by atoms with Gasteiger partial charge in [-0.05, 0) is 51.0 Å². The number of rotatable bonds is 5. The Balaban J connectivity index is 1.39. The van der Waals surface area contributed by atoms with Gasteiger partial charge in [0.05, 0.1) is 5.92 Å². The number of anilines is 1. The van der Waals surface area contributed by atoms with Gasteiger partial charge >= 0.3 is 5.97 Å². The summed E-state index contributed by atoms with van der Waals surface area (Å²) in [6.07, 6.45) is 0.166. The molecule has 0 spiro atoms. The molecule has 2 heterocycles. The summed E-state index contributed by atoms with van der Waals surface area (Å²) < 4.78 is 34.1. The summed E-state index contributed by atoms with van der Waals surface area (Å²) in [6.45, 7) is 3.72. The van der Waals surface area contributed by atoms with Gasteiger partial charge in [-0.25, -0.2) is 0 Å². The molecular weight excluding hydrogens is 458 g/mol. The number of carbonyl (C=O) groups excluding carboxylic acids is 3. The normalized spacial score (nSPS) is 19.5. The number of amides is 1. The molecule has 1 fully saturated rings. The van der Waals surface area contributed by atoms with Crippen LogP contribution in [0.2, 0.25) is 0 Å². The number of amidine groups is 1. The largest absolute Gasteiger partial charge is 0.452 e. The van der Waals surface area contributed by atoms with E-state index in [0.717, 1.165) is 0 Å². The van der Waals surface area contributed by atoms with Crippen molar-refractivity contribution in [1.29, 1.82) is 0 Å². The molecule has 0 saturated carbocycles. The summed E-state index contributed by atoms with van der Waals surface area (Å²) in [4.78, 5) is 38.8. The molecule has 1 amide bonds. The van der Waals surface area contributed by atoms with E-state index in [1.54, 1.807) is 47.4 Å². The molecule has 9 nitrogen and oxygen atoms in total. The molecule has 2 aliphatic rings. The lowest BCUT2D eigenvalue weighted by molar-refractivity contribution is -0.158. The van der Waals surface area contributed by atoms with E-state index in [0.29, 0.717) is 42.0 Å². The van der Waals surface area contributed by atoms with Gasteiger partial charge in [0.2, 0.25) is 0 Å². The van der Waals surface area contributed by atoms with Crippen LogP contribution in [0.25, 0.3) is 0 Å². The summed E-state index contributed by atoms with van der Waals surface area (Å²) in [5, 5.41) is 2.65. The minimum absolute atomic E-state index is 0.125. The first-order valence-electron chi connectivity index (χ1n) is 11.0. The Morgan fingerprint density at radius 1 is 1.15 bits per heavy atom. The number of nitrogens with zero attached hydrogens (tertiary/aromatic N) is 2. The van der Waals surface area contributed by atoms with Crippen LogP contribution in [-0.4, -0.2) is 56.0 Å². The first-order chi connectivity index (χ1) is 16.2. The highest BCUT2D eigenvalue weighted by Crippen LogP contribution is 2.30. The van der Waals surface area contributed by atoms with Crippen LogP contribution in [0.3, 0.4) is 0 Å². The fourth-order valence-corrected chi connectivity index (χ4v) is 5.29. The molecule has 2 aromatic carbocycles. The van der Waals surface area contributed by atoms with Gasteiger partial charge in [0.25, 0.3) is 15.9 Å². The van der Waals surface area contributed by atoms with Crippen molar-refractivity contribution in [2.75, 3.05) is 18.4 Å². The van der Waals surface area contributed by atoms with Gasteiger partial charge in [0.15, 0.2) is 17.7 Å². The summed E-state index contributed by atoms with van der Waals surface area (Å²) in [5.41, 5.74) is 1.42. The molecular formula is C24H25N3O6S. The van der Waals surface area contributed by atoms with Crippen LogP contribution in [0, 0.1) is 5.92 Å². The second kappa shape index (κ2) is 9.38. The molecule has 0 aromatic heterocycles. The van der Waals surface area contributed by atoms with Crippen molar-refractivity contribution in [2.45, 2.75) is 37.7 Å². The van der Waals surface area contributed by atoms with E-state index in [2.05, 4.69) is 9.71 Å². The van der Waals surface area contributed by atoms with E-state index in [1.807, 2.05) is 0 Å². The SMILES string of the molecule is CC(=O)c1cccc(NC(=O)[C@@H](C)OC(=O)[C@@H]2CCCN(C3=NS(=O)(=O)c4ccccc43)C2)c1. The van der Waals surface area contributed by atoms with E-state index < -0.39 is 33.9 Å². The molecule has 2 aromatic rings. The van der Waals surface area contributed by atoms with Gasteiger partial charge in [-0.3, -0.25) is 14.4 Å². The number of nitrogens with one attached hydrogen (secondary N) is 1. The molecule has 0 bridgehead atoms. The third kappa shape index (κ3) is 4.86. The van der Waals surface area contributed by atoms with Gasteiger partial charge in [-0.2, -0.15) is 8.42 Å². The highest BCUT2D eigenvalue weighted by molar-refractivity contribution is 7.90. The van der Waals surface area contributed by atoms with E-state index in [1.165, 1.54) is 19.9 Å². The maximum atomic E-state index is 12.8. The quantitative estimate of drug-likeness (QED) is 0.512. The lowest BCUT2D eigenvalue weighted by Gasteiger charge is -2.33. The minimum atomic E-state index is -3.75. The average molecular weight is 484 g/mol. The van der Waals surface area contributed by atoms with Gasteiger partial charge < -0.3 is 15.0 Å². The first kappa shape index (κ1) is 23.6. The molecule has 2 atom stereocenters. The van der Waals surface area contributed by atoms with Crippen molar-refractivity contribution in [1.82, 2.24) is 4.90 Å². The zero-order valence-corrected chi connectivity index (χ0v) is 19.7. The predicted octanol–water partition coefficient (Wildman–Crippen LogP) is 2.62. The van der Waals surface area contributed by atoms with E-state index in [9.17, 15) is 22.8 Å². The molecule has 0 aliphatic carbocycles. The Hall–Kier alpha value is -3.53. The van der Waals surface area contributed by atoms with Crippen molar-refractivity contribution in [3.8, 4) is 0 Å². The van der Waals surface area contributed by atoms with E-state index >= 15 is 0 Å². The number of Topliss-reactive ketones (excluding diaryl/α,β-unsaturated/α-hetero) is 1. The Labute approximate surface area is 197 Å². The number of ether oxygens (including phenoxy) is 1. The summed E-state index contributed by atoms with van der Waals surface area (Å²) in [6, 6.07) is 13.1. The maximum Gasteiger partial charge on any atom is 0.311 e. The molecule has 2 aliphatic heterocycles. The predicted molar refractivity (Wildman–Crippen MR) is 125 cm³/mol. The number of carbonyl (C=O) groups is 3. The molecule has 4 rings (SSSR count). The van der Waals surface area contributed by atoms with Crippen molar-refractivity contribution in [3.05, 3.63) is 59.7 Å². The number of hydrogen-bond donors (Lipinski definition) is 1. The van der Waals surface area contributed by atoms with Crippen molar-refractivity contribution < 1.29 is 27.5 Å².